The van der Waals surface area contributed by atoms with Crippen molar-refractivity contribution in [2.24, 2.45) is 0 Å². The number of hydrogen-bond donors (Lipinski definition) is 1. The number of hydrogen-bond acceptors (Lipinski definition) is 3. The van der Waals surface area contributed by atoms with Crippen LogP contribution in [0.5, 0.6) is 0 Å². The third kappa shape index (κ3) is 2.99. The molecule has 1 heterocycles. The number of pyridine rings is 1. The van der Waals surface area contributed by atoms with Crippen molar-refractivity contribution >= 4 is 16.7 Å². The van der Waals surface area contributed by atoms with Gasteiger partial charge in [0.05, 0.1) is 5.52 Å². The predicted molar refractivity (Wildman–Crippen MR) is 87.2 cm³/mol. The van der Waals surface area contributed by atoms with Crippen LogP contribution in [0, 0.1) is 0 Å². The summed E-state index contributed by atoms with van der Waals surface area (Å²) in [4.78, 5) is 7.07. The number of nitrogens with one attached hydrogen (secondary N) is 1. The molecule has 106 valence electrons. The number of fused-ring (bicyclic) bond motifs is 1. The van der Waals surface area contributed by atoms with E-state index in [-0.39, 0.29) is 0 Å². The minimum absolute atomic E-state index is 0.393. The molecule has 1 N–H and O–H groups in total. The molecule has 0 amide bonds. The van der Waals surface area contributed by atoms with Gasteiger partial charge in [0, 0.05) is 24.5 Å². The molecule has 0 aliphatic heterocycles. The van der Waals surface area contributed by atoms with E-state index in [1.807, 2.05) is 19.2 Å². The number of para-hydroxylation sites is 1. The average Bonchev–Trinajstić information content (AvgIpc) is 2.44. The largest absolute Gasteiger partial charge is 0.350 e. The lowest BCUT2D eigenvalue weighted by Gasteiger charge is -2.27. The Morgan fingerprint density at radius 1 is 1.35 bits per heavy atom. The maximum Gasteiger partial charge on any atom is 0.130 e. The molecule has 0 aliphatic rings. The highest BCUT2D eigenvalue weighted by Gasteiger charge is 2.13. The topological polar surface area (TPSA) is 28.2 Å². The Morgan fingerprint density at radius 3 is 2.75 bits per heavy atom. The van der Waals surface area contributed by atoms with Gasteiger partial charge in [-0.15, -0.1) is 6.58 Å². The molecule has 0 fully saturated rings. The molecule has 0 atom stereocenters. The summed E-state index contributed by atoms with van der Waals surface area (Å²) in [6.07, 6.45) is 1.93. The van der Waals surface area contributed by atoms with Gasteiger partial charge in [-0.05, 0) is 38.6 Å². The van der Waals surface area contributed by atoms with Crippen LogP contribution in [0.25, 0.3) is 10.9 Å². The fraction of sp³-hybridized carbons (Fsp3) is 0.353. The van der Waals surface area contributed by atoms with Crippen LogP contribution in [0.1, 0.15) is 19.4 Å². The van der Waals surface area contributed by atoms with Gasteiger partial charge in [0.1, 0.15) is 5.82 Å². The third-order valence-corrected chi connectivity index (χ3v) is 3.40. The second-order valence-corrected chi connectivity index (χ2v) is 5.22. The summed E-state index contributed by atoms with van der Waals surface area (Å²) >= 11 is 0. The van der Waals surface area contributed by atoms with Gasteiger partial charge < -0.3 is 10.2 Å². The highest BCUT2D eigenvalue weighted by atomic mass is 15.2. The molecule has 0 saturated heterocycles. The molecule has 0 unspecified atom stereocenters. The van der Waals surface area contributed by atoms with Crippen LogP contribution in [0.15, 0.2) is 43.0 Å². The monoisotopic (exact) mass is 269 g/mol. The summed E-state index contributed by atoms with van der Waals surface area (Å²) in [5.74, 6) is 1.02. The van der Waals surface area contributed by atoms with Gasteiger partial charge in [-0.25, -0.2) is 4.98 Å². The molecule has 1 aromatic carbocycles. The molecule has 2 aromatic rings. The summed E-state index contributed by atoms with van der Waals surface area (Å²) in [6, 6.07) is 10.9. The minimum Gasteiger partial charge on any atom is -0.350 e. The molecule has 20 heavy (non-hydrogen) atoms. The fourth-order valence-electron chi connectivity index (χ4n) is 2.42. The van der Waals surface area contributed by atoms with Crippen LogP contribution in [0.2, 0.25) is 0 Å². The summed E-state index contributed by atoms with van der Waals surface area (Å²) in [5, 5.41) is 4.45. The van der Waals surface area contributed by atoms with E-state index >= 15 is 0 Å². The van der Waals surface area contributed by atoms with Gasteiger partial charge in [0.2, 0.25) is 0 Å². The Morgan fingerprint density at radius 2 is 2.10 bits per heavy atom. The summed E-state index contributed by atoms with van der Waals surface area (Å²) < 4.78 is 0. The van der Waals surface area contributed by atoms with Gasteiger partial charge in [0.25, 0.3) is 0 Å². The zero-order valence-electron chi connectivity index (χ0n) is 12.6. The van der Waals surface area contributed by atoms with Crippen LogP contribution in [0.3, 0.4) is 0 Å². The number of benzene rings is 1. The van der Waals surface area contributed by atoms with E-state index in [9.17, 15) is 0 Å². The Bertz CT molecular complexity index is 590. The molecule has 0 radical (unpaired) electrons. The zero-order chi connectivity index (χ0) is 14.5. The molecule has 0 bridgehead atoms. The molecular formula is C17H23N3. The van der Waals surface area contributed by atoms with E-state index in [1.165, 1.54) is 10.9 Å². The third-order valence-electron chi connectivity index (χ3n) is 3.40. The molecule has 1 aromatic heterocycles. The zero-order valence-corrected chi connectivity index (χ0v) is 12.6. The van der Waals surface area contributed by atoms with Crippen LogP contribution in [0.4, 0.5) is 5.82 Å². The Kier molecular flexibility index (Phi) is 4.74. The van der Waals surface area contributed by atoms with Crippen LogP contribution in [-0.4, -0.2) is 24.6 Å². The number of anilines is 1. The molecule has 0 aliphatic carbocycles. The standard InChI is InChI=1S/C17H23N3/c1-5-10-20(13(2)3)17-11-14(12-18-4)15-8-6-7-9-16(15)19-17/h5-9,11,13,18H,1,10,12H2,2-4H3. The minimum atomic E-state index is 0.393. The van der Waals surface area contributed by atoms with E-state index in [1.54, 1.807) is 0 Å². The molecule has 0 saturated carbocycles. The molecule has 3 nitrogen and oxygen atoms in total. The van der Waals surface area contributed by atoms with Gasteiger partial charge in [-0.3, -0.25) is 0 Å². The Balaban J connectivity index is 2.55. The number of aromatic nitrogens is 1. The van der Waals surface area contributed by atoms with Gasteiger partial charge >= 0.3 is 0 Å². The first-order valence-electron chi connectivity index (χ1n) is 7.08. The summed E-state index contributed by atoms with van der Waals surface area (Å²) in [5.41, 5.74) is 2.33. The first-order chi connectivity index (χ1) is 9.67. The average molecular weight is 269 g/mol. The molecular weight excluding hydrogens is 246 g/mol. The molecule has 0 spiro atoms. The quantitative estimate of drug-likeness (QED) is 0.815. The lowest BCUT2D eigenvalue weighted by molar-refractivity contribution is 0.712. The maximum absolute atomic E-state index is 4.81. The van der Waals surface area contributed by atoms with Crippen LogP contribution >= 0.6 is 0 Å². The van der Waals surface area contributed by atoms with Crippen molar-refractivity contribution in [3.63, 3.8) is 0 Å². The highest BCUT2D eigenvalue weighted by Crippen LogP contribution is 2.24. The summed E-state index contributed by atoms with van der Waals surface area (Å²) in [7, 11) is 1.97. The van der Waals surface area contributed by atoms with Crippen molar-refractivity contribution in [2.45, 2.75) is 26.4 Å². The number of nitrogens with zero attached hydrogens (tertiary/aromatic N) is 2. The second-order valence-electron chi connectivity index (χ2n) is 5.22. The van der Waals surface area contributed by atoms with Crippen molar-refractivity contribution in [2.75, 3.05) is 18.5 Å². The molecule has 3 heteroatoms. The van der Waals surface area contributed by atoms with Gasteiger partial charge in [-0.1, -0.05) is 24.3 Å². The summed E-state index contributed by atoms with van der Waals surface area (Å²) in [6.45, 7) is 9.86. The SMILES string of the molecule is C=CCN(c1cc(CNC)c2ccccc2n1)C(C)C. The highest BCUT2D eigenvalue weighted by molar-refractivity contribution is 5.84. The fourth-order valence-corrected chi connectivity index (χ4v) is 2.42. The lowest BCUT2D eigenvalue weighted by atomic mass is 10.1. The smallest absolute Gasteiger partial charge is 0.130 e. The normalized spacial score (nSPS) is 11.0. The Labute approximate surface area is 121 Å². The molecule has 2 rings (SSSR count). The predicted octanol–water partition coefficient (Wildman–Crippen LogP) is 3.36. The van der Waals surface area contributed by atoms with E-state index < -0.39 is 0 Å². The Hall–Kier alpha value is -1.87. The van der Waals surface area contributed by atoms with Crippen molar-refractivity contribution in [1.82, 2.24) is 10.3 Å². The van der Waals surface area contributed by atoms with Crippen molar-refractivity contribution < 1.29 is 0 Å². The maximum atomic E-state index is 4.81. The van der Waals surface area contributed by atoms with Crippen molar-refractivity contribution in [3.8, 4) is 0 Å². The van der Waals surface area contributed by atoms with Crippen molar-refractivity contribution in [3.05, 3.63) is 48.6 Å². The van der Waals surface area contributed by atoms with E-state index in [2.05, 4.69) is 54.9 Å². The first-order valence-corrected chi connectivity index (χ1v) is 7.08. The first kappa shape index (κ1) is 14.5. The van der Waals surface area contributed by atoms with E-state index in [4.69, 9.17) is 4.98 Å². The van der Waals surface area contributed by atoms with E-state index in [0.29, 0.717) is 6.04 Å². The lowest BCUT2D eigenvalue weighted by Crippen LogP contribution is -2.31. The second kappa shape index (κ2) is 6.53. The van der Waals surface area contributed by atoms with Crippen LogP contribution in [-0.2, 0) is 6.54 Å². The van der Waals surface area contributed by atoms with Gasteiger partial charge in [-0.2, -0.15) is 0 Å². The van der Waals surface area contributed by atoms with E-state index in [0.717, 1.165) is 24.4 Å². The number of rotatable bonds is 6. The van der Waals surface area contributed by atoms with Gasteiger partial charge in [0.15, 0.2) is 0 Å². The van der Waals surface area contributed by atoms with Crippen molar-refractivity contribution in [1.29, 1.82) is 0 Å². The van der Waals surface area contributed by atoms with Crippen LogP contribution < -0.4 is 10.2 Å².